The van der Waals surface area contributed by atoms with Crippen molar-refractivity contribution in [2.24, 2.45) is 4.99 Å². The average Bonchev–Trinajstić information content (AvgIpc) is 3.14. The van der Waals surface area contributed by atoms with Crippen LogP contribution in [0.15, 0.2) is 23.2 Å². The Morgan fingerprint density at radius 2 is 2.11 bits per heavy atom. The highest BCUT2D eigenvalue weighted by Gasteiger charge is 2.22. The molecule has 2 N–H and O–H groups in total. The van der Waals surface area contributed by atoms with Gasteiger partial charge in [-0.2, -0.15) is 0 Å². The van der Waals surface area contributed by atoms with E-state index in [0.29, 0.717) is 12.0 Å². The lowest BCUT2D eigenvalue weighted by Gasteiger charge is -2.10. The van der Waals surface area contributed by atoms with Gasteiger partial charge < -0.3 is 10.6 Å². The summed E-state index contributed by atoms with van der Waals surface area (Å²) >= 11 is 0. The van der Waals surface area contributed by atoms with Crippen LogP contribution in [0.2, 0.25) is 0 Å². The van der Waals surface area contributed by atoms with Gasteiger partial charge in [0.25, 0.3) is 0 Å². The molecule has 0 bridgehead atoms. The molecule has 1 fully saturated rings. The maximum Gasteiger partial charge on any atom is 0.191 e. The third-order valence-electron chi connectivity index (χ3n) is 2.68. The second-order valence-electron chi connectivity index (χ2n) is 4.35. The fraction of sp³-hybridized carbons (Fsp3) is 0.462. The van der Waals surface area contributed by atoms with E-state index in [1.165, 1.54) is 6.07 Å². The Hall–Kier alpha value is -0.920. The van der Waals surface area contributed by atoms with Gasteiger partial charge in [-0.05, 0) is 38.0 Å². The second kappa shape index (κ2) is 7.62. The molecule has 0 saturated heterocycles. The van der Waals surface area contributed by atoms with E-state index in [0.717, 1.165) is 31.5 Å². The van der Waals surface area contributed by atoms with Crippen LogP contribution in [0.4, 0.5) is 8.78 Å². The molecule has 0 spiro atoms. The van der Waals surface area contributed by atoms with Crippen molar-refractivity contribution in [2.45, 2.75) is 32.4 Å². The maximum atomic E-state index is 13.4. The first-order valence-electron chi connectivity index (χ1n) is 6.18. The van der Waals surface area contributed by atoms with Crippen molar-refractivity contribution >= 4 is 29.9 Å². The van der Waals surface area contributed by atoms with Gasteiger partial charge in [0, 0.05) is 18.2 Å². The Morgan fingerprint density at radius 3 is 2.74 bits per heavy atom. The molecule has 0 aliphatic heterocycles. The smallest absolute Gasteiger partial charge is 0.191 e. The number of rotatable bonds is 4. The van der Waals surface area contributed by atoms with Gasteiger partial charge in [0.05, 0.1) is 6.54 Å². The molecule has 19 heavy (non-hydrogen) atoms. The molecule has 0 heterocycles. The van der Waals surface area contributed by atoms with Crippen LogP contribution in [0.3, 0.4) is 0 Å². The van der Waals surface area contributed by atoms with Crippen molar-refractivity contribution in [3.05, 3.63) is 35.4 Å². The summed E-state index contributed by atoms with van der Waals surface area (Å²) in [7, 11) is 0. The lowest BCUT2D eigenvalue weighted by Crippen LogP contribution is -2.38. The molecule has 0 amide bonds. The van der Waals surface area contributed by atoms with Crippen LogP contribution < -0.4 is 10.6 Å². The molecule has 1 aromatic carbocycles. The maximum absolute atomic E-state index is 13.4. The molecule has 2 rings (SSSR count). The van der Waals surface area contributed by atoms with Crippen molar-refractivity contribution in [3.8, 4) is 0 Å². The highest BCUT2D eigenvalue weighted by molar-refractivity contribution is 14.0. The van der Waals surface area contributed by atoms with Gasteiger partial charge in [0.15, 0.2) is 5.96 Å². The normalized spacial score (nSPS) is 14.8. The predicted molar refractivity (Wildman–Crippen MR) is 82.7 cm³/mol. The second-order valence-corrected chi connectivity index (χ2v) is 4.35. The zero-order valence-corrected chi connectivity index (χ0v) is 13.1. The fourth-order valence-corrected chi connectivity index (χ4v) is 1.57. The van der Waals surface area contributed by atoms with Crippen molar-refractivity contribution in [2.75, 3.05) is 6.54 Å². The number of nitrogens with zero attached hydrogens (tertiary/aromatic N) is 1. The lowest BCUT2D eigenvalue weighted by molar-refractivity contribution is 0.585. The molecule has 6 heteroatoms. The summed E-state index contributed by atoms with van der Waals surface area (Å²) in [6.45, 7) is 2.84. The standard InChI is InChI=1S/C13H17F2N3.HI/c1-2-16-13(18-11-4-5-11)17-8-9-7-10(14)3-6-12(9)15;/h3,6-7,11H,2,4-5,8H2,1H3,(H2,16,17,18);1H. The van der Waals surface area contributed by atoms with E-state index in [4.69, 9.17) is 0 Å². The van der Waals surface area contributed by atoms with E-state index in [-0.39, 0.29) is 36.1 Å². The summed E-state index contributed by atoms with van der Waals surface area (Å²) in [6.07, 6.45) is 2.28. The number of hydrogen-bond donors (Lipinski definition) is 2. The quantitative estimate of drug-likeness (QED) is 0.478. The molecule has 0 atom stereocenters. The summed E-state index contributed by atoms with van der Waals surface area (Å²) in [5.41, 5.74) is 0.267. The molecule has 0 aromatic heterocycles. The number of benzene rings is 1. The first-order chi connectivity index (χ1) is 8.69. The van der Waals surface area contributed by atoms with Gasteiger partial charge in [-0.15, -0.1) is 24.0 Å². The zero-order chi connectivity index (χ0) is 13.0. The van der Waals surface area contributed by atoms with E-state index in [1.807, 2.05) is 6.92 Å². The van der Waals surface area contributed by atoms with Crippen LogP contribution in [0, 0.1) is 11.6 Å². The Balaban J connectivity index is 0.00000180. The van der Waals surface area contributed by atoms with Crippen molar-refractivity contribution in [1.29, 1.82) is 0 Å². The van der Waals surface area contributed by atoms with Gasteiger partial charge >= 0.3 is 0 Å². The third kappa shape index (κ3) is 5.30. The molecule has 0 unspecified atom stereocenters. The van der Waals surface area contributed by atoms with Crippen molar-refractivity contribution in [1.82, 2.24) is 10.6 Å². The van der Waals surface area contributed by atoms with E-state index < -0.39 is 11.6 Å². The molecular weight excluding hydrogens is 363 g/mol. The van der Waals surface area contributed by atoms with Crippen LogP contribution in [-0.4, -0.2) is 18.5 Å². The van der Waals surface area contributed by atoms with E-state index in [1.54, 1.807) is 0 Å². The minimum atomic E-state index is -0.443. The molecule has 0 radical (unpaired) electrons. The average molecular weight is 381 g/mol. The summed E-state index contributed by atoms with van der Waals surface area (Å²) in [6, 6.07) is 3.89. The van der Waals surface area contributed by atoms with Crippen LogP contribution in [0.5, 0.6) is 0 Å². The van der Waals surface area contributed by atoms with Crippen LogP contribution >= 0.6 is 24.0 Å². The van der Waals surface area contributed by atoms with Gasteiger partial charge in [0.2, 0.25) is 0 Å². The number of hydrogen-bond acceptors (Lipinski definition) is 1. The minimum Gasteiger partial charge on any atom is -0.357 e. The Labute approximate surface area is 128 Å². The van der Waals surface area contributed by atoms with Crippen LogP contribution in [0.25, 0.3) is 0 Å². The third-order valence-corrected chi connectivity index (χ3v) is 2.68. The molecule has 3 nitrogen and oxygen atoms in total. The van der Waals surface area contributed by atoms with E-state index in [2.05, 4.69) is 15.6 Å². The van der Waals surface area contributed by atoms with Crippen LogP contribution in [0.1, 0.15) is 25.3 Å². The number of nitrogens with one attached hydrogen (secondary N) is 2. The van der Waals surface area contributed by atoms with Gasteiger partial charge in [-0.1, -0.05) is 0 Å². The van der Waals surface area contributed by atoms with Gasteiger partial charge in [-0.25, -0.2) is 13.8 Å². The monoisotopic (exact) mass is 381 g/mol. The van der Waals surface area contributed by atoms with Gasteiger partial charge in [0.1, 0.15) is 11.6 Å². The highest BCUT2D eigenvalue weighted by atomic mass is 127. The molecule has 1 aliphatic carbocycles. The summed E-state index contributed by atoms with van der Waals surface area (Å²) in [5.74, 6) is -0.215. The lowest BCUT2D eigenvalue weighted by atomic mass is 10.2. The molecular formula is C13H18F2IN3. The number of guanidine groups is 1. The topological polar surface area (TPSA) is 36.4 Å². The zero-order valence-electron chi connectivity index (χ0n) is 10.7. The van der Waals surface area contributed by atoms with E-state index >= 15 is 0 Å². The first kappa shape index (κ1) is 16.1. The Morgan fingerprint density at radius 1 is 1.37 bits per heavy atom. The summed E-state index contributed by atoms with van der Waals surface area (Å²) < 4.78 is 26.4. The first-order valence-corrected chi connectivity index (χ1v) is 6.18. The largest absolute Gasteiger partial charge is 0.357 e. The Kier molecular flexibility index (Phi) is 6.47. The number of halogens is 3. The van der Waals surface area contributed by atoms with Crippen LogP contribution in [-0.2, 0) is 6.54 Å². The molecule has 1 aliphatic rings. The minimum absolute atomic E-state index is 0. The molecule has 106 valence electrons. The molecule has 1 saturated carbocycles. The van der Waals surface area contributed by atoms with E-state index in [9.17, 15) is 8.78 Å². The fourth-order valence-electron chi connectivity index (χ4n) is 1.57. The predicted octanol–water partition coefficient (Wildman–Crippen LogP) is 2.80. The van der Waals surface area contributed by atoms with Crippen molar-refractivity contribution < 1.29 is 8.78 Å². The molecule has 1 aromatic rings. The Bertz CT molecular complexity index is 448. The number of aliphatic imine (C=N–C) groups is 1. The summed E-state index contributed by atoms with van der Waals surface area (Å²) in [5, 5.41) is 6.30. The van der Waals surface area contributed by atoms with Gasteiger partial charge in [-0.3, -0.25) is 0 Å². The van der Waals surface area contributed by atoms with Crippen molar-refractivity contribution in [3.63, 3.8) is 0 Å². The SMILES string of the molecule is CCNC(=NCc1cc(F)ccc1F)NC1CC1.I. The summed E-state index contributed by atoms with van der Waals surface area (Å²) in [4.78, 5) is 4.25. The highest BCUT2D eigenvalue weighted by Crippen LogP contribution is 2.18.